The number of nitrogens with zero attached hydrogens (tertiary/aromatic N) is 1. The minimum absolute atomic E-state index is 0. The molecule has 0 spiro atoms. The van der Waals surface area contributed by atoms with Crippen LogP contribution in [0.2, 0.25) is 0 Å². The van der Waals surface area contributed by atoms with E-state index in [9.17, 15) is 0 Å². The normalized spacial score (nSPS) is 10.7. The highest BCUT2D eigenvalue weighted by atomic mass is 127. The Bertz CT molecular complexity index is 641. The topological polar surface area (TPSA) is 45.7 Å². The van der Waals surface area contributed by atoms with E-state index in [4.69, 9.17) is 4.74 Å². The van der Waals surface area contributed by atoms with Gasteiger partial charge in [-0.05, 0) is 37.1 Å². The third-order valence-electron chi connectivity index (χ3n) is 3.48. The first-order valence-corrected chi connectivity index (χ1v) is 7.92. The van der Waals surface area contributed by atoms with Gasteiger partial charge in [0.2, 0.25) is 0 Å². The number of guanidine groups is 1. The average molecular weight is 439 g/mol. The van der Waals surface area contributed by atoms with Crippen molar-refractivity contribution in [3.8, 4) is 5.75 Å². The van der Waals surface area contributed by atoms with Crippen LogP contribution in [-0.2, 0) is 13.1 Å². The van der Waals surface area contributed by atoms with Crippen LogP contribution in [0.1, 0.15) is 23.6 Å². The van der Waals surface area contributed by atoms with Crippen molar-refractivity contribution >= 4 is 29.9 Å². The van der Waals surface area contributed by atoms with E-state index in [0.29, 0.717) is 6.54 Å². The molecule has 2 aromatic rings. The lowest BCUT2D eigenvalue weighted by atomic mass is 10.1. The van der Waals surface area contributed by atoms with Crippen LogP contribution < -0.4 is 15.4 Å². The van der Waals surface area contributed by atoms with Crippen LogP contribution >= 0.6 is 24.0 Å². The number of aliphatic imine (C=N–C) groups is 1. The number of ether oxygens (including phenoxy) is 1. The number of halogens is 1. The van der Waals surface area contributed by atoms with Crippen molar-refractivity contribution in [2.24, 2.45) is 4.99 Å². The van der Waals surface area contributed by atoms with Crippen LogP contribution in [0.15, 0.2) is 53.5 Å². The SMILES string of the molecule is CCNC(=NCc1cccc(OC)c1)NCc1ccc(C)cc1.I. The predicted octanol–water partition coefficient (Wildman–Crippen LogP) is 3.88. The molecule has 0 fully saturated rings. The van der Waals surface area contributed by atoms with Crippen molar-refractivity contribution in [2.45, 2.75) is 26.9 Å². The third-order valence-corrected chi connectivity index (χ3v) is 3.48. The van der Waals surface area contributed by atoms with E-state index < -0.39 is 0 Å². The summed E-state index contributed by atoms with van der Waals surface area (Å²) in [6.07, 6.45) is 0. The molecule has 0 aliphatic carbocycles. The summed E-state index contributed by atoms with van der Waals surface area (Å²) in [5, 5.41) is 6.63. The second-order valence-corrected chi connectivity index (χ2v) is 5.39. The number of methoxy groups -OCH3 is 1. The molecule has 0 unspecified atom stereocenters. The fourth-order valence-electron chi connectivity index (χ4n) is 2.17. The molecule has 0 bridgehead atoms. The van der Waals surface area contributed by atoms with Gasteiger partial charge in [-0.1, -0.05) is 42.0 Å². The maximum atomic E-state index is 5.24. The van der Waals surface area contributed by atoms with E-state index in [1.165, 1.54) is 11.1 Å². The van der Waals surface area contributed by atoms with Gasteiger partial charge in [-0.3, -0.25) is 0 Å². The summed E-state index contributed by atoms with van der Waals surface area (Å²) < 4.78 is 5.24. The van der Waals surface area contributed by atoms with Gasteiger partial charge >= 0.3 is 0 Å². The quantitative estimate of drug-likeness (QED) is 0.408. The van der Waals surface area contributed by atoms with Crippen molar-refractivity contribution in [1.29, 1.82) is 0 Å². The Hall–Kier alpha value is -1.76. The molecule has 0 saturated heterocycles. The van der Waals surface area contributed by atoms with Crippen LogP contribution in [0.4, 0.5) is 0 Å². The van der Waals surface area contributed by atoms with Gasteiger partial charge in [0.05, 0.1) is 13.7 Å². The average Bonchev–Trinajstić information content (AvgIpc) is 2.59. The van der Waals surface area contributed by atoms with Gasteiger partial charge in [0.15, 0.2) is 5.96 Å². The van der Waals surface area contributed by atoms with Gasteiger partial charge in [-0.15, -0.1) is 24.0 Å². The minimum atomic E-state index is 0. The Morgan fingerprint density at radius 3 is 2.46 bits per heavy atom. The molecule has 2 aromatic carbocycles. The lowest BCUT2D eigenvalue weighted by molar-refractivity contribution is 0.414. The van der Waals surface area contributed by atoms with Gasteiger partial charge in [0.25, 0.3) is 0 Å². The van der Waals surface area contributed by atoms with Crippen LogP contribution in [0.25, 0.3) is 0 Å². The summed E-state index contributed by atoms with van der Waals surface area (Å²) in [6, 6.07) is 16.5. The van der Waals surface area contributed by atoms with E-state index in [0.717, 1.165) is 30.4 Å². The van der Waals surface area contributed by atoms with Gasteiger partial charge in [0.1, 0.15) is 5.75 Å². The number of aryl methyl sites for hydroxylation is 1. The van der Waals surface area contributed by atoms with Crippen molar-refractivity contribution in [3.05, 3.63) is 65.2 Å². The second-order valence-electron chi connectivity index (χ2n) is 5.39. The molecule has 0 aliphatic rings. The highest BCUT2D eigenvalue weighted by Crippen LogP contribution is 2.13. The molecule has 0 aliphatic heterocycles. The van der Waals surface area contributed by atoms with Crippen LogP contribution in [0, 0.1) is 6.92 Å². The van der Waals surface area contributed by atoms with Crippen molar-refractivity contribution in [2.75, 3.05) is 13.7 Å². The number of nitrogens with one attached hydrogen (secondary N) is 2. The van der Waals surface area contributed by atoms with Crippen molar-refractivity contribution in [3.63, 3.8) is 0 Å². The van der Waals surface area contributed by atoms with Gasteiger partial charge in [-0.2, -0.15) is 0 Å². The summed E-state index contributed by atoms with van der Waals surface area (Å²) in [4.78, 5) is 4.63. The maximum absolute atomic E-state index is 5.24. The van der Waals surface area contributed by atoms with Crippen molar-refractivity contribution < 1.29 is 4.74 Å². The minimum Gasteiger partial charge on any atom is -0.497 e. The summed E-state index contributed by atoms with van der Waals surface area (Å²) in [7, 11) is 1.68. The molecule has 0 saturated carbocycles. The van der Waals surface area contributed by atoms with E-state index in [-0.39, 0.29) is 24.0 Å². The van der Waals surface area contributed by atoms with E-state index >= 15 is 0 Å². The number of hydrogen-bond donors (Lipinski definition) is 2. The molecule has 2 N–H and O–H groups in total. The van der Waals surface area contributed by atoms with Gasteiger partial charge in [0, 0.05) is 13.1 Å². The summed E-state index contributed by atoms with van der Waals surface area (Å²) in [6.45, 7) is 6.36. The Labute approximate surface area is 161 Å². The monoisotopic (exact) mass is 439 g/mol. The van der Waals surface area contributed by atoms with E-state index in [1.54, 1.807) is 7.11 Å². The zero-order chi connectivity index (χ0) is 16.5. The molecule has 4 nitrogen and oxygen atoms in total. The highest BCUT2D eigenvalue weighted by molar-refractivity contribution is 14.0. The Morgan fingerprint density at radius 2 is 1.79 bits per heavy atom. The molecule has 0 aromatic heterocycles. The third kappa shape index (κ3) is 6.78. The summed E-state index contributed by atoms with van der Waals surface area (Å²) >= 11 is 0. The molecular weight excluding hydrogens is 413 g/mol. The molecular formula is C19H26IN3O. The maximum Gasteiger partial charge on any atom is 0.191 e. The first-order valence-electron chi connectivity index (χ1n) is 7.92. The van der Waals surface area contributed by atoms with Gasteiger partial charge in [-0.25, -0.2) is 4.99 Å². The number of benzene rings is 2. The molecule has 5 heteroatoms. The van der Waals surface area contributed by atoms with Crippen LogP contribution in [0.5, 0.6) is 5.75 Å². The zero-order valence-electron chi connectivity index (χ0n) is 14.5. The fraction of sp³-hybridized carbons (Fsp3) is 0.316. The second kappa shape index (κ2) is 10.9. The van der Waals surface area contributed by atoms with E-state index in [2.05, 4.69) is 59.8 Å². The molecule has 0 heterocycles. The highest BCUT2D eigenvalue weighted by Gasteiger charge is 2.00. The molecule has 0 radical (unpaired) electrons. The van der Waals surface area contributed by atoms with E-state index in [1.807, 2.05) is 18.2 Å². The van der Waals surface area contributed by atoms with Crippen molar-refractivity contribution in [1.82, 2.24) is 10.6 Å². The standard InChI is InChI=1S/C19H25N3O.HI/c1-4-20-19(21-13-16-10-8-15(2)9-11-16)22-14-17-6-5-7-18(12-17)23-3;/h5-12H,4,13-14H2,1-3H3,(H2,20,21,22);1H. The number of hydrogen-bond acceptors (Lipinski definition) is 2. The predicted molar refractivity (Wildman–Crippen MR) is 111 cm³/mol. The lowest BCUT2D eigenvalue weighted by Crippen LogP contribution is -2.36. The smallest absolute Gasteiger partial charge is 0.191 e. The first-order chi connectivity index (χ1) is 11.2. The molecule has 2 rings (SSSR count). The summed E-state index contributed by atoms with van der Waals surface area (Å²) in [5.41, 5.74) is 3.63. The lowest BCUT2D eigenvalue weighted by Gasteiger charge is -2.12. The molecule has 0 amide bonds. The van der Waals surface area contributed by atoms with Crippen LogP contribution in [0.3, 0.4) is 0 Å². The molecule has 24 heavy (non-hydrogen) atoms. The first kappa shape index (κ1) is 20.3. The van der Waals surface area contributed by atoms with Crippen LogP contribution in [-0.4, -0.2) is 19.6 Å². The molecule has 0 atom stereocenters. The Morgan fingerprint density at radius 1 is 1.04 bits per heavy atom. The fourth-order valence-corrected chi connectivity index (χ4v) is 2.17. The Kier molecular flexibility index (Phi) is 9.22. The zero-order valence-corrected chi connectivity index (χ0v) is 16.8. The summed E-state index contributed by atoms with van der Waals surface area (Å²) in [5.74, 6) is 1.67. The largest absolute Gasteiger partial charge is 0.497 e. The molecule has 130 valence electrons. The van der Waals surface area contributed by atoms with Gasteiger partial charge < -0.3 is 15.4 Å². The Balaban J connectivity index is 0.00000288. The number of rotatable bonds is 6.